The second kappa shape index (κ2) is 8.01. The molecule has 1 aromatic heterocycles. The second-order valence-corrected chi connectivity index (χ2v) is 6.02. The van der Waals surface area contributed by atoms with Gasteiger partial charge < -0.3 is 19.3 Å². The first-order valence-electron chi connectivity index (χ1n) is 9.03. The number of carbonyl (C=O) groups is 1. The van der Waals surface area contributed by atoms with E-state index in [-0.39, 0.29) is 18.1 Å². The largest absolute Gasteiger partial charge is 0.502 e. The van der Waals surface area contributed by atoms with Gasteiger partial charge in [0.25, 0.3) is 0 Å². The maximum Gasteiger partial charge on any atom is 0.362 e. The third-order valence-corrected chi connectivity index (χ3v) is 4.09. The molecule has 9 nitrogen and oxygen atoms in total. The van der Waals surface area contributed by atoms with Crippen LogP contribution in [0.1, 0.15) is 17.4 Å². The summed E-state index contributed by atoms with van der Waals surface area (Å²) < 4.78 is 17.3. The summed E-state index contributed by atoms with van der Waals surface area (Å²) in [5, 5.41) is 23.0. The maximum absolute atomic E-state index is 12.1. The van der Waals surface area contributed by atoms with Crippen molar-refractivity contribution in [1.82, 2.24) is 9.78 Å². The number of aromatic hydroxyl groups is 1. The van der Waals surface area contributed by atoms with Crippen LogP contribution in [0.3, 0.4) is 0 Å². The first kappa shape index (κ1) is 18.5. The van der Waals surface area contributed by atoms with Crippen LogP contribution in [0, 0.1) is 0 Å². The molecule has 2 aromatic carbocycles. The van der Waals surface area contributed by atoms with Crippen molar-refractivity contribution in [1.29, 1.82) is 0 Å². The van der Waals surface area contributed by atoms with Gasteiger partial charge in [-0.1, -0.05) is 18.2 Å². The average Bonchev–Trinajstić information content (AvgIpc) is 3.09. The maximum atomic E-state index is 12.1. The van der Waals surface area contributed by atoms with Gasteiger partial charge in [0.05, 0.1) is 18.0 Å². The van der Waals surface area contributed by atoms with Crippen LogP contribution in [0.25, 0.3) is 5.69 Å². The summed E-state index contributed by atoms with van der Waals surface area (Å²) >= 11 is 0. The highest BCUT2D eigenvalue weighted by Gasteiger charge is 2.25. The Balaban J connectivity index is 1.73. The minimum atomic E-state index is -0.740. The van der Waals surface area contributed by atoms with Gasteiger partial charge in [0.1, 0.15) is 13.2 Å². The zero-order valence-electron chi connectivity index (χ0n) is 15.6. The zero-order chi connectivity index (χ0) is 20.2. The Hall–Kier alpha value is -3.88. The molecule has 0 saturated heterocycles. The summed E-state index contributed by atoms with van der Waals surface area (Å²) in [5.41, 5.74) is 0.869. The Morgan fingerprint density at radius 3 is 2.66 bits per heavy atom. The predicted octanol–water partition coefficient (Wildman–Crippen LogP) is 3.94. The Bertz CT molecular complexity index is 1060. The molecule has 29 heavy (non-hydrogen) atoms. The van der Waals surface area contributed by atoms with E-state index < -0.39 is 11.7 Å². The number of aromatic nitrogens is 2. The summed E-state index contributed by atoms with van der Waals surface area (Å²) in [6.45, 7) is 2.78. The summed E-state index contributed by atoms with van der Waals surface area (Å²) in [6, 6.07) is 14.1. The van der Waals surface area contributed by atoms with Gasteiger partial charge in [-0.05, 0) is 31.2 Å². The van der Waals surface area contributed by atoms with E-state index in [0.29, 0.717) is 36.1 Å². The highest BCUT2D eigenvalue weighted by atomic mass is 16.6. The van der Waals surface area contributed by atoms with E-state index in [2.05, 4.69) is 15.3 Å². The third kappa shape index (κ3) is 3.75. The van der Waals surface area contributed by atoms with Crippen LogP contribution in [-0.4, -0.2) is 40.7 Å². The third-order valence-electron chi connectivity index (χ3n) is 4.09. The fraction of sp³-hybridized carbons (Fsp3) is 0.200. The smallest absolute Gasteiger partial charge is 0.362 e. The van der Waals surface area contributed by atoms with Crippen molar-refractivity contribution >= 4 is 17.5 Å². The molecule has 3 aromatic rings. The van der Waals surface area contributed by atoms with E-state index in [4.69, 9.17) is 14.2 Å². The average molecular weight is 394 g/mol. The summed E-state index contributed by atoms with van der Waals surface area (Å²) in [5.74, 6) is 0.0656. The zero-order valence-corrected chi connectivity index (χ0v) is 15.6. The van der Waals surface area contributed by atoms with Crippen molar-refractivity contribution in [2.45, 2.75) is 6.92 Å². The van der Waals surface area contributed by atoms with E-state index in [1.807, 2.05) is 6.07 Å². The van der Waals surface area contributed by atoms with E-state index in [9.17, 15) is 9.90 Å². The molecule has 0 radical (unpaired) electrons. The Morgan fingerprint density at radius 1 is 1.14 bits per heavy atom. The predicted molar refractivity (Wildman–Crippen MR) is 103 cm³/mol. The fourth-order valence-corrected chi connectivity index (χ4v) is 2.78. The van der Waals surface area contributed by atoms with Crippen molar-refractivity contribution in [2.24, 2.45) is 10.2 Å². The van der Waals surface area contributed by atoms with Gasteiger partial charge >= 0.3 is 5.97 Å². The fourth-order valence-electron chi connectivity index (χ4n) is 2.78. The second-order valence-electron chi connectivity index (χ2n) is 6.02. The number of hydrogen-bond donors (Lipinski definition) is 1. The number of esters is 1. The van der Waals surface area contributed by atoms with Gasteiger partial charge in [0.2, 0.25) is 11.5 Å². The van der Waals surface area contributed by atoms with Crippen molar-refractivity contribution in [2.75, 3.05) is 19.8 Å². The molecule has 0 aliphatic carbocycles. The van der Waals surface area contributed by atoms with Crippen LogP contribution in [0.15, 0.2) is 58.8 Å². The lowest BCUT2D eigenvalue weighted by atomic mass is 10.2. The SMILES string of the molecule is CCOC(=O)c1nn(-c2ccccc2)c(N=Nc2ccc3c(c2)OCCO3)c1O. The normalized spacial score (nSPS) is 12.9. The van der Waals surface area contributed by atoms with Crippen molar-refractivity contribution in [3.05, 3.63) is 54.2 Å². The van der Waals surface area contributed by atoms with Crippen LogP contribution in [-0.2, 0) is 4.74 Å². The lowest BCUT2D eigenvalue weighted by Gasteiger charge is -2.17. The highest BCUT2D eigenvalue weighted by Crippen LogP contribution is 2.37. The quantitative estimate of drug-likeness (QED) is 0.519. The molecule has 0 spiro atoms. The molecular formula is C20H18N4O5. The van der Waals surface area contributed by atoms with Crippen LogP contribution in [0.5, 0.6) is 17.2 Å². The topological polar surface area (TPSA) is 108 Å². The van der Waals surface area contributed by atoms with Crippen LogP contribution >= 0.6 is 0 Å². The van der Waals surface area contributed by atoms with Crippen molar-refractivity contribution < 1.29 is 24.1 Å². The van der Waals surface area contributed by atoms with Gasteiger partial charge in [0, 0.05) is 6.07 Å². The first-order chi connectivity index (χ1) is 14.2. The molecule has 1 aliphatic rings. The number of carbonyl (C=O) groups excluding carboxylic acids is 1. The van der Waals surface area contributed by atoms with Crippen molar-refractivity contribution in [3.63, 3.8) is 0 Å². The molecule has 0 amide bonds. The van der Waals surface area contributed by atoms with Gasteiger partial charge in [-0.15, -0.1) is 10.2 Å². The molecule has 0 saturated carbocycles. The standard InChI is InChI=1S/C20H18N4O5/c1-2-27-20(26)17-18(25)19(24(23-17)14-6-4-3-5-7-14)22-21-13-8-9-15-16(12-13)29-11-10-28-15/h3-9,12,25H,2,10-11H2,1H3. The van der Waals surface area contributed by atoms with Gasteiger partial charge in [-0.2, -0.15) is 5.10 Å². The monoisotopic (exact) mass is 394 g/mol. The molecule has 2 heterocycles. The molecule has 0 fully saturated rings. The lowest BCUT2D eigenvalue weighted by Crippen LogP contribution is -2.14. The van der Waals surface area contributed by atoms with E-state index in [1.54, 1.807) is 49.4 Å². The molecule has 148 valence electrons. The molecule has 0 bridgehead atoms. The van der Waals surface area contributed by atoms with E-state index in [0.717, 1.165) is 0 Å². The lowest BCUT2D eigenvalue weighted by molar-refractivity contribution is 0.0515. The Labute approximate surface area is 166 Å². The number of hydrogen-bond acceptors (Lipinski definition) is 8. The first-order valence-corrected chi connectivity index (χ1v) is 9.03. The number of benzene rings is 2. The minimum Gasteiger partial charge on any atom is -0.502 e. The molecule has 9 heteroatoms. The van der Waals surface area contributed by atoms with Gasteiger partial charge in [-0.3, -0.25) is 0 Å². The molecule has 1 N–H and O–H groups in total. The van der Waals surface area contributed by atoms with Crippen LogP contribution in [0.2, 0.25) is 0 Å². The molecule has 4 rings (SSSR count). The van der Waals surface area contributed by atoms with E-state index in [1.165, 1.54) is 4.68 Å². The number of ether oxygens (including phenoxy) is 3. The van der Waals surface area contributed by atoms with Gasteiger partial charge in [0.15, 0.2) is 17.2 Å². The van der Waals surface area contributed by atoms with Crippen LogP contribution < -0.4 is 9.47 Å². The van der Waals surface area contributed by atoms with E-state index >= 15 is 0 Å². The van der Waals surface area contributed by atoms with Gasteiger partial charge in [-0.25, -0.2) is 9.48 Å². The minimum absolute atomic E-state index is 0.00846. The number of rotatable bonds is 5. The number of nitrogens with zero attached hydrogens (tertiary/aromatic N) is 4. The molecule has 0 atom stereocenters. The highest BCUT2D eigenvalue weighted by molar-refractivity contribution is 5.92. The van der Waals surface area contributed by atoms with Crippen molar-refractivity contribution in [3.8, 4) is 22.9 Å². The summed E-state index contributed by atoms with van der Waals surface area (Å²) in [4.78, 5) is 12.1. The number of fused-ring (bicyclic) bond motifs is 1. The summed E-state index contributed by atoms with van der Waals surface area (Å²) in [6.07, 6.45) is 0. The Kier molecular flexibility index (Phi) is 5.10. The molecular weight excluding hydrogens is 376 g/mol. The summed E-state index contributed by atoms with van der Waals surface area (Å²) in [7, 11) is 0. The van der Waals surface area contributed by atoms with Crippen LogP contribution in [0.4, 0.5) is 11.5 Å². The molecule has 1 aliphatic heterocycles. The number of para-hydroxylation sites is 1. The number of azo groups is 1. The Morgan fingerprint density at radius 2 is 1.90 bits per heavy atom. The molecule has 0 unspecified atom stereocenters.